The Balaban J connectivity index is 1.16. The van der Waals surface area contributed by atoms with Crippen molar-refractivity contribution in [3.63, 3.8) is 0 Å². The fourth-order valence-corrected chi connectivity index (χ4v) is 5.14. The van der Waals surface area contributed by atoms with Crippen LogP contribution in [0.5, 0.6) is 5.75 Å². The molecule has 1 N–H and O–H groups in total. The predicted molar refractivity (Wildman–Crippen MR) is 146 cm³/mol. The van der Waals surface area contributed by atoms with E-state index in [9.17, 15) is 14.0 Å². The number of amides is 2. The Hall–Kier alpha value is -4.46. The number of fused-ring (bicyclic) bond motifs is 1. The average molecular weight is 540 g/mol. The third kappa shape index (κ3) is 5.61. The van der Waals surface area contributed by atoms with Crippen molar-refractivity contribution >= 4 is 11.8 Å². The van der Waals surface area contributed by atoms with Gasteiger partial charge in [0.1, 0.15) is 17.8 Å². The monoisotopic (exact) mass is 539 g/mol. The molecule has 1 fully saturated rings. The number of oxazole rings is 1. The largest absolute Gasteiger partial charge is 0.484 e. The van der Waals surface area contributed by atoms with Gasteiger partial charge in [-0.1, -0.05) is 48.0 Å². The number of benzene rings is 3. The maximum absolute atomic E-state index is 13.4. The highest BCUT2D eigenvalue weighted by atomic mass is 19.1. The molecule has 3 aromatic carbocycles. The molecule has 1 aliphatic carbocycles. The number of aryl methyl sites for hydroxylation is 1. The number of rotatable bonds is 8. The van der Waals surface area contributed by atoms with Gasteiger partial charge in [-0.3, -0.25) is 9.59 Å². The number of nitrogens with one attached hydrogen (secondary N) is 1. The van der Waals surface area contributed by atoms with E-state index in [1.807, 2.05) is 17.0 Å². The standard InChI is InChI=1S/C32H30FN3O4/c1-20-5-7-23(8-6-20)30-27-16-26(12-11-22(27)13-14-36(30)32(38)24-9-10-24)39-19-29-35-28(18-40-29)31(37)34-17-21-3-2-4-25(33)15-21/h2-8,11-12,15-16,18,24,30H,9-10,13-14,17,19H2,1H3,(H,34,37). The molecule has 0 spiro atoms. The van der Waals surface area contributed by atoms with Crippen molar-refractivity contribution in [1.29, 1.82) is 0 Å². The van der Waals surface area contributed by atoms with E-state index in [1.54, 1.807) is 12.1 Å². The van der Waals surface area contributed by atoms with Crippen LogP contribution in [0.25, 0.3) is 0 Å². The van der Waals surface area contributed by atoms with E-state index in [-0.39, 0.29) is 48.4 Å². The summed E-state index contributed by atoms with van der Waals surface area (Å²) < 4.78 is 24.9. The van der Waals surface area contributed by atoms with Crippen molar-refractivity contribution in [3.8, 4) is 5.75 Å². The zero-order valence-corrected chi connectivity index (χ0v) is 22.2. The maximum Gasteiger partial charge on any atom is 0.273 e. The van der Waals surface area contributed by atoms with Gasteiger partial charge in [-0.15, -0.1) is 0 Å². The lowest BCUT2D eigenvalue weighted by atomic mass is 9.87. The van der Waals surface area contributed by atoms with E-state index in [0.717, 1.165) is 30.4 Å². The molecule has 1 atom stereocenters. The summed E-state index contributed by atoms with van der Waals surface area (Å²) in [6, 6.07) is 20.2. The predicted octanol–water partition coefficient (Wildman–Crippen LogP) is 5.52. The van der Waals surface area contributed by atoms with Gasteiger partial charge in [-0.2, -0.15) is 0 Å². The summed E-state index contributed by atoms with van der Waals surface area (Å²) in [5.74, 6) is 0.475. The molecule has 2 aliphatic rings. The summed E-state index contributed by atoms with van der Waals surface area (Å²) in [6.07, 6.45) is 4.01. The first-order valence-electron chi connectivity index (χ1n) is 13.5. The van der Waals surface area contributed by atoms with E-state index in [4.69, 9.17) is 9.15 Å². The van der Waals surface area contributed by atoms with Crippen molar-refractivity contribution < 1.29 is 23.1 Å². The van der Waals surface area contributed by atoms with Crippen LogP contribution in [-0.4, -0.2) is 28.2 Å². The van der Waals surface area contributed by atoms with Gasteiger partial charge in [0.25, 0.3) is 5.91 Å². The van der Waals surface area contributed by atoms with Gasteiger partial charge >= 0.3 is 0 Å². The highest BCUT2D eigenvalue weighted by Gasteiger charge is 2.39. The fourth-order valence-electron chi connectivity index (χ4n) is 5.14. The van der Waals surface area contributed by atoms with E-state index >= 15 is 0 Å². The van der Waals surface area contributed by atoms with Gasteiger partial charge < -0.3 is 19.4 Å². The zero-order valence-electron chi connectivity index (χ0n) is 22.2. The smallest absolute Gasteiger partial charge is 0.273 e. The van der Waals surface area contributed by atoms with E-state index < -0.39 is 5.91 Å². The van der Waals surface area contributed by atoms with Crippen molar-refractivity contribution in [3.05, 3.63) is 118 Å². The Bertz CT molecular complexity index is 1540. The first kappa shape index (κ1) is 25.8. The van der Waals surface area contributed by atoms with Crippen molar-refractivity contribution in [2.24, 2.45) is 5.92 Å². The molecule has 2 amide bonds. The molecule has 40 heavy (non-hydrogen) atoms. The van der Waals surface area contributed by atoms with Crippen LogP contribution in [0.4, 0.5) is 4.39 Å². The van der Waals surface area contributed by atoms with Crippen LogP contribution in [0.15, 0.2) is 77.4 Å². The van der Waals surface area contributed by atoms with Crippen LogP contribution < -0.4 is 10.1 Å². The minimum absolute atomic E-state index is 0.0376. The molecule has 0 bridgehead atoms. The Morgan fingerprint density at radius 3 is 2.70 bits per heavy atom. The van der Waals surface area contributed by atoms with Crippen LogP contribution in [0.1, 0.15) is 63.1 Å². The second-order valence-electron chi connectivity index (χ2n) is 10.5. The molecule has 2 heterocycles. The Morgan fingerprint density at radius 2 is 1.93 bits per heavy atom. The molecule has 4 aromatic rings. The topological polar surface area (TPSA) is 84.7 Å². The second kappa shape index (κ2) is 11.0. The SMILES string of the molecule is Cc1ccc(C2c3cc(OCc4nc(C(=O)NCc5cccc(F)c5)co4)ccc3CCN2C(=O)C2CC2)cc1. The molecular weight excluding hydrogens is 509 g/mol. The first-order chi connectivity index (χ1) is 19.4. The van der Waals surface area contributed by atoms with Crippen LogP contribution in [-0.2, 0) is 24.4 Å². The summed E-state index contributed by atoms with van der Waals surface area (Å²) in [6.45, 7) is 2.96. The van der Waals surface area contributed by atoms with Crippen molar-refractivity contribution in [2.45, 2.75) is 45.4 Å². The zero-order chi connectivity index (χ0) is 27.6. The molecule has 7 nitrogen and oxygen atoms in total. The van der Waals surface area contributed by atoms with Crippen LogP contribution in [0, 0.1) is 18.7 Å². The van der Waals surface area contributed by atoms with Gasteiger partial charge in [-0.25, -0.2) is 9.37 Å². The van der Waals surface area contributed by atoms with Gasteiger partial charge in [0.15, 0.2) is 12.3 Å². The molecule has 8 heteroatoms. The number of nitrogens with zero attached hydrogens (tertiary/aromatic N) is 2. The van der Waals surface area contributed by atoms with Crippen LogP contribution >= 0.6 is 0 Å². The average Bonchev–Trinajstić information content (AvgIpc) is 3.71. The normalized spacial score (nSPS) is 16.4. The third-order valence-electron chi connectivity index (χ3n) is 7.44. The second-order valence-corrected chi connectivity index (χ2v) is 10.5. The van der Waals surface area contributed by atoms with E-state index in [0.29, 0.717) is 17.9 Å². The number of ether oxygens (including phenoxy) is 1. The summed E-state index contributed by atoms with van der Waals surface area (Å²) in [4.78, 5) is 32.0. The van der Waals surface area contributed by atoms with E-state index in [2.05, 4.69) is 47.6 Å². The van der Waals surface area contributed by atoms with Crippen LogP contribution in [0.3, 0.4) is 0 Å². The molecule has 1 unspecified atom stereocenters. The van der Waals surface area contributed by atoms with Gasteiger partial charge in [-0.05, 0) is 72.7 Å². The van der Waals surface area contributed by atoms with Crippen molar-refractivity contribution in [2.75, 3.05) is 6.54 Å². The first-order valence-corrected chi connectivity index (χ1v) is 13.5. The fraction of sp³-hybridized carbons (Fsp3) is 0.281. The van der Waals surface area contributed by atoms with E-state index in [1.165, 1.54) is 29.5 Å². The molecule has 1 saturated carbocycles. The summed E-state index contributed by atoms with van der Waals surface area (Å²) in [7, 11) is 0. The maximum atomic E-state index is 13.4. The third-order valence-corrected chi connectivity index (χ3v) is 7.44. The molecule has 0 radical (unpaired) electrons. The number of hydrogen-bond donors (Lipinski definition) is 1. The summed E-state index contributed by atoms with van der Waals surface area (Å²) in [5, 5.41) is 2.71. The highest BCUT2D eigenvalue weighted by molar-refractivity contribution is 5.91. The lowest BCUT2D eigenvalue weighted by molar-refractivity contribution is -0.134. The Kier molecular flexibility index (Phi) is 7.07. The minimum atomic E-state index is -0.422. The lowest BCUT2D eigenvalue weighted by Crippen LogP contribution is -2.41. The minimum Gasteiger partial charge on any atom is -0.484 e. The molecule has 1 aromatic heterocycles. The molecule has 6 rings (SSSR count). The number of aromatic nitrogens is 1. The Morgan fingerprint density at radius 1 is 1.10 bits per heavy atom. The number of hydrogen-bond acceptors (Lipinski definition) is 5. The van der Waals surface area contributed by atoms with Gasteiger partial charge in [0.2, 0.25) is 11.8 Å². The summed E-state index contributed by atoms with van der Waals surface area (Å²) >= 11 is 0. The Labute approximate surface area is 232 Å². The van der Waals surface area contributed by atoms with Crippen LogP contribution in [0.2, 0.25) is 0 Å². The number of halogens is 1. The van der Waals surface area contributed by atoms with Crippen molar-refractivity contribution in [1.82, 2.24) is 15.2 Å². The molecule has 0 saturated heterocycles. The van der Waals surface area contributed by atoms with Gasteiger partial charge in [0.05, 0.1) is 6.04 Å². The highest BCUT2D eigenvalue weighted by Crippen LogP contribution is 2.41. The molecule has 1 aliphatic heterocycles. The lowest BCUT2D eigenvalue weighted by Gasteiger charge is -2.38. The molecule has 204 valence electrons. The number of carbonyl (C=O) groups excluding carboxylic acids is 2. The quantitative estimate of drug-likeness (QED) is 0.319. The molecular formula is C32H30FN3O4. The summed E-state index contributed by atoms with van der Waals surface area (Å²) in [5.41, 5.74) is 5.28. The van der Waals surface area contributed by atoms with Gasteiger partial charge in [0, 0.05) is 19.0 Å². The number of carbonyl (C=O) groups is 2.